The molecule has 4 rings (SSSR count). The van der Waals surface area contributed by atoms with Crippen LogP contribution >= 0.6 is 11.8 Å². The van der Waals surface area contributed by atoms with E-state index >= 15 is 0 Å². The van der Waals surface area contributed by atoms with Gasteiger partial charge in [0.2, 0.25) is 0 Å². The molecule has 9 nitrogen and oxygen atoms in total. The van der Waals surface area contributed by atoms with Crippen molar-refractivity contribution in [2.45, 2.75) is 37.2 Å². The van der Waals surface area contributed by atoms with Crippen LogP contribution in [0.2, 0.25) is 0 Å². The smallest absolute Gasteiger partial charge is 0.196 e. The van der Waals surface area contributed by atoms with E-state index in [-0.39, 0.29) is 0 Å². The van der Waals surface area contributed by atoms with Crippen LogP contribution in [0.15, 0.2) is 53.9 Å². The third kappa shape index (κ3) is 4.33. The Hall–Kier alpha value is -3.27. The van der Waals surface area contributed by atoms with E-state index in [4.69, 9.17) is 4.74 Å². The molecular formula is C20H22N8OS. The summed E-state index contributed by atoms with van der Waals surface area (Å²) in [6.45, 7) is 2.96. The molecule has 3 heterocycles. The van der Waals surface area contributed by atoms with E-state index in [2.05, 4.69) is 37.6 Å². The molecule has 0 aliphatic carbocycles. The van der Waals surface area contributed by atoms with Crippen molar-refractivity contribution in [2.75, 3.05) is 7.11 Å². The molecule has 0 aliphatic heterocycles. The number of hydrogen-bond acceptors (Lipinski definition) is 8. The van der Waals surface area contributed by atoms with E-state index in [9.17, 15) is 0 Å². The molecule has 4 aromatic rings. The number of methoxy groups -OCH3 is 1. The van der Waals surface area contributed by atoms with Gasteiger partial charge in [0.15, 0.2) is 16.8 Å². The lowest BCUT2D eigenvalue weighted by atomic mass is 10.2. The van der Waals surface area contributed by atoms with Gasteiger partial charge in [-0.25, -0.2) is 4.68 Å². The minimum atomic E-state index is 0.599. The minimum Gasteiger partial charge on any atom is -0.497 e. The van der Waals surface area contributed by atoms with Gasteiger partial charge >= 0.3 is 0 Å². The zero-order chi connectivity index (χ0) is 20.8. The SMILES string of the molecule is CCCCn1nnnc1CSc1nnc(-c2ccncc2)n1-c1ccc(OC)cc1. The maximum Gasteiger partial charge on any atom is 0.196 e. The van der Waals surface area contributed by atoms with Gasteiger partial charge in [-0.2, -0.15) is 0 Å². The molecule has 0 N–H and O–H groups in total. The molecule has 0 bridgehead atoms. The lowest BCUT2D eigenvalue weighted by Crippen LogP contribution is -2.05. The first-order valence-electron chi connectivity index (χ1n) is 9.68. The van der Waals surface area contributed by atoms with Crippen LogP contribution in [0.3, 0.4) is 0 Å². The summed E-state index contributed by atoms with van der Waals surface area (Å²) in [5, 5.41) is 21.8. The predicted molar refractivity (Wildman–Crippen MR) is 113 cm³/mol. The minimum absolute atomic E-state index is 0.599. The Morgan fingerprint density at radius 1 is 1.00 bits per heavy atom. The van der Waals surface area contributed by atoms with Crippen LogP contribution in [-0.4, -0.2) is 47.1 Å². The third-order valence-electron chi connectivity index (χ3n) is 4.56. The van der Waals surface area contributed by atoms with Crippen molar-refractivity contribution >= 4 is 11.8 Å². The second kappa shape index (κ2) is 9.49. The highest BCUT2D eigenvalue weighted by atomic mass is 32.2. The Balaban J connectivity index is 1.66. The number of rotatable bonds is 9. The number of tetrazole rings is 1. The number of pyridine rings is 1. The molecule has 0 fully saturated rings. The second-order valence-electron chi connectivity index (χ2n) is 6.54. The number of ether oxygens (including phenoxy) is 1. The van der Waals surface area contributed by atoms with Crippen LogP contribution in [0.5, 0.6) is 5.75 Å². The predicted octanol–water partition coefficient (Wildman–Crippen LogP) is 3.42. The summed E-state index contributed by atoms with van der Waals surface area (Å²) in [6.07, 6.45) is 5.62. The van der Waals surface area contributed by atoms with E-state index < -0.39 is 0 Å². The Bertz CT molecular complexity index is 1080. The van der Waals surface area contributed by atoms with Gasteiger partial charge < -0.3 is 4.74 Å². The van der Waals surface area contributed by atoms with Crippen LogP contribution in [-0.2, 0) is 12.3 Å². The topological polar surface area (TPSA) is 96.4 Å². The number of hydrogen-bond donors (Lipinski definition) is 0. The summed E-state index contributed by atoms with van der Waals surface area (Å²) in [4.78, 5) is 4.10. The Labute approximate surface area is 178 Å². The molecule has 0 radical (unpaired) electrons. The highest BCUT2D eigenvalue weighted by Gasteiger charge is 2.17. The average molecular weight is 423 g/mol. The van der Waals surface area contributed by atoms with Gasteiger partial charge in [0.05, 0.1) is 12.9 Å². The molecule has 3 aromatic heterocycles. The fourth-order valence-corrected chi connectivity index (χ4v) is 3.84. The molecule has 0 aliphatic rings. The number of thioether (sulfide) groups is 1. The first kappa shape index (κ1) is 20.0. The Kier molecular flexibility index (Phi) is 6.33. The molecule has 0 saturated heterocycles. The van der Waals surface area contributed by atoms with Crippen molar-refractivity contribution in [1.82, 2.24) is 40.0 Å². The van der Waals surface area contributed by atoms with Gasteiger partial charge in [0.25, 0.3) is 0 Å². The van der Waals surface area contributed by atoms with Gasteiger partial charge in [-0.1, -0.05) is 25.1 Å². The maximum absolute atomic E-state index is 5.29. The molecule has 10 heteroatoms. The first-order valence-corrected chi connectivity index (χ1v) is 10.7. The van der Waals surface area contributed by atoms with Crippen molar-refractivity contribution < 1.29 is 4.74 Å². The number of benzene rings is 1. The first-order chi connectivity index (χ1) is 14.8. The van der Waals surface area contributed by atoms with E-state index in [0.29, 0.717) is 5.75 Å². The summed E-state index contributed by atoms with van der Waals surface area (Å²) < 4.78 is 9.18. The molecule has 154 valence electrons. The lowest BCUT2D eigenvalue weighted by Gasteiger charge is -2.11. The van der Waals surface area contributed by atoms with Gasteiger partial charge in [0, 0.05) is 30.2 Å². The van der Waals surface area contributed by atoms with Crippen LogP contribution in [0.4, 0.5) is 0 Å². The molecule has 0 atom stereocenters. The van der Waals surface area contributed by atoms with Gasteiger partial charge in [-0.3, -0.25) is 9.55 Å². The highest BCUT2D eigenvalue weighted by molar-refractivity contribution is 7.98. The maximum atomic E-state index is 5.29. The van der Waals surface area contributed by atoms with Crippen LogP contribution < -0.4 is 4.74 Å². The fourth-order valence-electron chi connectivity index (χ4n) is 2.95. The summed E-state index contributed by atoms with van der Waals surface area (Å²) in [5.41, 5.74) is 1.88. The molecule has 0 saturated carbocycles. The van der Waals surface area contributed by atoms with Crippen molar-refractivity contribution in [3.8, 4) is 22.8 Å². The largest absolute Gasteiger partial charge is 0.497 e. The molecule has 30 heavy (non-hydrogen) atoms. The van der Waals surface area contributed by atoms with Crippen molar-refractivity contribution in [3.05, 3.63) is 54.6 Å². The molecule has 1 aromatic carbocycles. The fraction of sp³-hybridized carbons (Fsp3) is 0.300. The molecule has 0 spiro atoms. The number of unbranched alkanes of at least 4 members (excludes halogenated alkanes) is 1. The summed E-state index contributed by atoms with van der Waals surface area (Å²) in [6, 6.07) is 11.7. The number of nitrogens with zero attached hydrogens (tertiary/aromatic N) is 8. The zero-order valence-corrected chi connectivity index (χ0v) is 17.7. The molecule has 0 unspecified atom stereocenters. The van der Waals surface area contributed by atoms with Crippen molar-refractivity contribution in [1.29, 1.82) is 0 Å². The number of aryl methyl sites for hydroxylation is 1. The van der Waals surface area contributed by atoms with Crippen molar-refractivity contribution in [3.63, 3.8) is 0 Å². The monoisotopic (exact) mass is 422 g/mol. The highest BCUT2D eigenvalue weighted by Crippen LogP contribution is 2.30. The summed E-state index contributed by atoms with van der Waals surface area (Å²) in [5.74, 6) is 2.96. The van der Waals surface area contributed by atoms with Crippen LogP contribution in [0.1, 0.15) is 25.6 Å². The van der Waals surface area contributed by atoms with Crippen LogP contribution in [0, 0.1) is 0 Å². The van der Waals surface area contributed by atoms with E-state index in [1.165, 1.54) is 0 Å². The van der Waals surface area contributed by atoms with E-state index in [0.717, 1.165) is 53.2 Å². The Morgan fingerprint density at radius 2 is 1.80 bits per heavy atom. The average Bonchev–Trinajstić information content (AvgIpc) is 3.43. The van der Waals surface area contributed by atoms with Crippen LogP contribution in [0.25, 0.3) is 17.1 Å². The van der Waals surface area contributed by atoms with E-state index in [1.54, 1.807) is 31.3 Å². The lowest BCUT2D eigenvalue weighted by molar-refractivity contribution is 0.414. The van der Waals surface area contributed by atoms with E-state index in [1.807, 2.05) is 45.6 Å². The zero-order valence-electron chi connectivity index (χ0n) is 16.8. The van der Waals surface area contributed by atoms with Gasteiger partial charge in [-0.15, -0.1) is 15.3 Å². The normalized spacial score (nSPS) is 11.0. The standard InChI is InChI=1S/C20H22N8OS/c1-3-4-13-27-18(22-25-26-27)14-30-20-24-23-19(15-9-11-21-12-10-15)28(20)16-5-7-17(29-2)8-6-16/h5-12H,3-4,13-14H2,1-2H3. The quantitative estimate of drug-likeness (QED) is 0.379. The summed E-state index contributed by atoms with van der Waals surface area (Å²) >= 11 is 1.55. The van der Waals surface area contributed by atoms with Gasteiger partial charge in [0.1, 0.15) is 5.75 Å². The summed E-state index contributed by atoms with van der Waals surface area (Å²) in [7, 11) is 1.65. The second-order valence-corrected chi connectivity index (χ2v) is 7.48. The molecule has 0 amide bonds. The van der Waals surface area contributed by atoms with Gasteiger partial charge in [-0.05, 0) is 53.2 Å². The number of aromatic nitrogens is 8. The Morgan fingerprint density at radius 3 is 2.53 bits per heavy atom. The molecular weight excluding hydrogens is 400 g/mol. The third-order valence-corrected chi connectivity index (χ3v) is 5.49. The van der Waals surface area contributed by atoms with Crippen molar-refractivity contribution in [2.24, 2.45) is 0 Å².